The topological polar surface area (TPSA) is 92.3 Å². The fourth-order valence-corrected chi connectivity index (χ4v) is 3.50. The third kappa shape index (κ3) is 5.40. The van der Waals surface area contributed by atoms with E-state index in [1.165, 1.54) is 25.1 Å². The molecule has 27 heavy (non-hydrogen) atoms. The number of benzene rings is 2. The highest BCUT2D eigenvalue weighted by atomic mass is 32.2. The first-order valence-corrected chi connectivity index (χ1v) is 10.1. The minimum Gasteiger partial charge on any atom is -0.352 e. The molecular weight excluding hydrogens is 364 g/mol. The van der Waals surface area contributed by atoms with E-state index in [4.69, 9.17) is 0 Å². The van der Waals surface area contributed by atoms with Crippen molar-refractivity contribution in [3.8, 4) is 0 Å². The molecule has 0 aliphatic carbocycles. The van der Waals surface area contributed by atoms with Crippen LogP contribution in [0.15, 0.2) is 47.4 Å². The van der Waals surface area contributed by atoms with Gasteiger partial charge < -0.3 is 5.32 Å². The molecule has 0 bridgehead atoms. The van der Waals surface area contributed by atoms with Gasteiger partial charge in [0.15, 0.2) is 5.78 Å². The SMILES string of the molecule is CC(=O)c1cccc(NS(=O)(=O)c2ccc(C)c(C(=O)NCC(C)C)c2)c1. The molecule has 0 aliphatic heterocycles. The maximum absolute atomic E-state index is 12.7. The molecule has 0 radical (unpaired) electrons. The summed E-state index contributed by atoms with van der Waals surface area (Å²) in [6, 6.07) is 10.7. The van der Waals surface area contributed by atoms with Gasteiger partial charge in [-0.2, -0.15) is 0 Å². The third-order valence-corrected chi connectivity index (χ3v) is 5.34. The van der Waals surface area contributed by atoms with E-state index in [0.29, 0.717) is 23.2 Å². The van der Waals surface area contributed by atoms with Crippen molar-refractivity contribution in [2.24, 2.45) is 5.92 Å². The molecule has 7 heteroatoms. The number of rotatable bonds is 7. The molecule has 0 saturated carbocycles. The lowest BCUT2D eigenvalue weighted by molar-refractivity contribution is 0.0947. The molecule has 0 atom stereocenters. The van der Waals surface area contributed by atoms with Gasteiger partial charge in [-0.15, -0.1) is 0 Å². The molecule has 6 nitrogen and oxygen atoms in total. The summed E-state index contributed by atoms with van der Waals surface area (Å²) >= 11 is 0. The van der Waals surface area contributed by atoms with Crippen LogP contribution in [-0.2, 0) is 10.0 Å². The van der Waals surface area contributed by atoms with Crippen LogP contribution in [0, 0.1) is 12.8 Å². The largest absolute Gasteiger partial charge is 0.352 e. The Balaban J connectivity index is 2.31. The van der Waals surface area contributed by atoms with Crippen LogP contribution in [0.5, 0.6) is 0 Å². The normalized spacial score (nSPS) is 11.3. The maximum atomic E-state index is 12.7. The van der Waals surface area contributed by atoms with E-state index in [9.17, 15) is 18.0 Å². The third-order valence-electron chi connectivity index (χ3n) is 3.96. The van der Waals surface area contributed by atoms with Gasteiger partial charge in [0.25, 0.3) is 15.9 Å². The van der Waals surface area contributed by atoms with E-state index in [-0.39, 0.29) is 28.2 Å². The van der Waals surface area contributed by atoms with Gasteiger partial charge in [0, 0.05) is 23.4 Å². The van der Waals surface area contributed by atoms with Crippen molar-refractivity contribution in [2.75, 3.05) is 11.3 Å². The minimum absolute atomic E-state index is 0.0176. The highest BCUT2D eigenvalue weighted by molar-refractivity contribution is 7.92. The molecule has 0 aromatic heterocycles. The smallest absolute Gasteiger partial charge is 0.261 e. The Kier molecular flexibility index (Phi) is 6.38. The summed E-state index contributed by atoms with van der Waals surface area (Å²) in [6.45, 7) is 7.63. The van der Waals surface area contributed by atoms with E-state index >= 15 is 0 Å². The van der Waals surface area contributed by atoms with Crippen LogP contribution in [0.4, 0.5) is 5.69 Å². The molecule has 0 aliphatic rings. The predicted octanol–water partition coefficient (Wildman–Crippen LogP) is 3.38. The molecule has 144 valence electrons. The second-order valence-corrected chi connectivity index (χ2v) is 8.51. The van der Waals surface area contributed by atoms with Gasteiger partial charge in [-0.3, -0.25) is 14.3 Å². The number of carbonyl (C=O) groups excluding carboxylic acids is 2. The second kappa shape index (κ2) is 8.35. The Hall–Kier alpha value is -2.67. The molecule has 0 fully saturated rings. The van der Waals surface area contributed by atoms with Crippen molar-refractivity contribution < 1.29 is 18.0 Å². The molecule has 0 unspecified atom stereocenters. The number of carbonyl (C=O) groups is 2. The number of ketones is 1. The standard InChI is InChI=1S/C20H24N2O4S/c1-13(2)12-21-20(24)19-11-18(9-8-14(19)3)27(25,26)22-17-7-5-6-16(10-17)15(4)23/h5-11,13,22H,12H2,1-4H3,(H,21,24). The van der Waals surface area contributed by atoms with Crippen molar-refractivity contribution >= 4 is 27.4 Å². The van der Waals surface area contributed by atoms with Crippen molar-refractivity contribution in [2.45, 2.75) is 32.6 Å². The Morgan fingerprint density at radius 3 is 2.41 bits per heavy atom. The monoisotopic (exact) mass is 388 g/mol. The Bertz CT molecular complexity index is 966. The molecular formula is C20H24N2O4S. The predicted molar refractivity (Wildman–Crippen MR) is 106 cm³/mol. The fourth-order valence-electron chi connectivity index (χ4n) is 2.42. The molecule has 0 heterocycles. The number of hydrogen-bond donors (Lipinski definition) is 2. The van der Waals surface area contributed by atoms with Crippen LogP contribution in [0.25, 0.3) is 0 Å². The average Bonchev–Trinajstić information content (AvgIpc) is 2.59. The molecule has 2 aromatic carbocycles. The average molecular weight is 388 g/mol. The van der Waals surface area contributed by atoms with E-state index < -0.39 is 10.0 Å². The number of anilines is 1. The van der Waals surface area contributed by atoms with Crippen LogP contribution < -0.4 is 10.0 Å². The summed E-state index contributed by atoms with van der Waals surface area (Å²) in [6.07, 6.45) is 0. The number of Topliss-reactive ketones (excluding diaryl/α,β-unsaturated/α-hetero) is 1. The minimum atomic E-state index is -3.90. The highest BCUT2D eigenvalue weighted by Gasteiger charge is 2.18. The van der Waals surface area contributed by atoms with Crippen LogP contribution in [0.1, 0.15) is 47.1 Å². The highest BCUT2D eigenvalue weighted by Crippen LogP contribution is 2.20. The quantitative estimate of drug-likeness (QED) is 0.711. The van der Waals surface area contributed by atoms with Gasteiger partial charge in [-0.1, -0.05) is 32.0 Å². The van der Waals surface area contributed by atoms with Crippen molar-refractivity contribution in [3.05, 3.63) is 59.2 Å². The first kappa shape index (κ1) is 20.6. The first-order chi connectivity index (χ1) is 12.6. The summed E-state index contributed by atoms with van der Waals surface area (Å²) in [7, 11) is -3.90. The zero-order valence-electron chi connectivity index (χ0n) is 15.9. The zero-order valence-corrected chi connectivity index (χ0v) is 16.7. The summed E-state index contributed by atoms with van der Waals surface area (Å²) in [4.78, 5) is 23.8. The number of nitrogens with one attached hydrogen (secondary N) is 2. The molecule has 0 spiro atoms. The molecule has 2 rings (SSSR count). The van der Waals surface area contributed by atoms with Gasteiger partial charge in [0.2, 0.25) is 0 Å². The van der Waals surface area contributed by atoms with E-state index in [1.807, 2.05) is 13.8 Å². The number of sulfonamides is 1. The molecule has 2 N–H and O–H groups in total. The van der Waals surface area contributed by atoms with Crippen LogP contribution in [0.2, 0.25) is 0 Å². The molecule has 0 saturated heterocycles. The number of aryl methyl sites for hydroxylation is 1. The summed E-state index contributed by atoms with van der Waals surface area (Å²) in [5, 5.41) is 2.80. The number of hydrogen-bond acceptors (Lipinski definition) is 4. The second-order valence-electron chi connectivity index (χ2n) is 6.82. The summed E-state index contributed by atoms with van der Waals surface area (Å²) < 4.78 is 27.9. The number of amides is 1. The Morgan fingerprint density at radius 2 is 1.78 bits per heavy atom. The van der Waals surface area contributed by atoms with Gasteiger partial charge >= 0.3 is 0 Å². The summed E-state index contributed by atoms with van der Waals surface area (Å²) in [5.41, 5.74) is 1.70. The van der Waals surface area contributed by atoms with Gasteiger partial charge in [-0.05, 0) is 49.6 Å². The van der Waals surface area contributed by atoms with Crippen LogP contribution in [-0.4, -0.2) is 26.7 Å². The molecule has 1 amide bonds. The van der Waals surface area contributed by atoms with Crippen LogP contribution in [0.3, 0.4) is 0 Å². The van der Waals surface area contributed by atoms with E-state index in [1.54, 1.807) is 31.2 Å². The van der Waals surface area contributed by atoms with E-state index in [0.717, 1.165) is 0 Å². The van der Waals surface area contributed by atoms with E-state index in [2.05, 4.69) is 10.0 Å². The van der Waals surface area contributed by atoms with Crippen LogP contribution >= 0.6 is 0 Å². The fraction of sp³-hybridized carbons (Fsp3) is 0.300. The van der Waals surface area contributed by atoms with Crippen molar-refractivity contribution in [3.63, 3.8) is 0 Å². The Labute approximate surface area is 160 Å². The van der Waals surface area contributed by atoms with Gasteiger partial charge in [0.1, 0.15) is 0 Å². The van der Waals surface area contributed by atoms with Gasteiger partial charge in [0.05, 0.1) is 4.90 Å². The Morgan fingerprint density at radius 1 is 1.07 bits per heavy atom. The lowest BCUT2D eigenvalue weighted by atomic mass is 10.1. The lowest BCUT2D eigenvalue weighted by Gasteiger charge is -2.13. The van der Waals surface area contributed by atoms with Crippen molar-refractivity contribution in [1.29, 1.82) is 0 Å². The van der Waals surface area contributed by atoms with Gasteiger partial charge in [-0.25, -0.2) is 8.42 Å². The first-order valence-electron chi connectivity index (χ1n) is 8.63. The maximum Gasteiger partial charge on any atom is 0.261 e. The summed E-state index contributed by atoms with van der Waals surface area (Å²) in [5.74, 6) is -0.177. The van der Waals surface area contributed by atoms with Crippen molar-refractivity contribution in [1.82, 2.24) is 5.32 Å². The lowest BCUT2D eigenvalue weighted by Crippen LogP contribution is -2.28. The zero-order chi connectivity index (χ0) is 20.2. The molecule has 2 aromatic rings.